The van der Waals surface area contributed by atoms with Gasteiger partial charge in [-0.25, -0.2) is 0 Å². The van der Waals surface area contributed by atoms with Gasteiger partial charge >= 0.3 is 23.3 Å². The maximum atomic E-state index is 10.9. The van der Waals surface area contributed by atoms with Crippen molar-refractivity contribution in [3.63, 3.8) is 0 Å². The first-order chi connectivity index (χ1) is 9.22. The molecule has 0 unspecified atom stereocenters. The zero-order valence-corrected chi connectivity index (χ0v) is 10.3. The number of carbonyl (C=O) groups is 2. The third kappa shape index (κ3) is 3.48. The molecule has 1 aromatic rings. The first-order valence-corrected chi connectivity index (χ1v) is 5.06. The highest BCUT2D eigenvalue weighted by Gasteiger charge is 2.28. The third-order valence-corrected chi connectivity index (χ3v) is 1.94. The van der Waals surface area contributed by atoms with E-state index >= 15 is 0 Å². The molecule has 0 bridgehead atoms. The van der Waals surface area contributed by atoms with Crippen molar-refractivity contribution in [2.75, 3.05) is 0 Å². The minimum Gasteiger partial charge on any atom is -0.419 e. The Hall–Kier alpha value is -3.04. The average Bonchev–Trinajstić information content (AvgIpc) is 2.26. The summed E-state index contributed by atoms with van der Waals surface area (Å²) in [4.78, 5) is 41.4. The van der Waals surface area contributed by atoms with E-state index in [4.69, 9.17) is 0 Å². The van der Waals surface area contributed by atoms with Gasteiger partial charge in [0.25, 0.3) is 0 Å². The SMILES string of the molecule is CC(=O)Oc1cc(OC(C)=O)c([N+](=O)[O-])cc1[N+](=O)[O-]. The molecule has 0 heterocycles. The normalized spacial score (nSPS) is 9.70. The number of hydrogen-bond donors (Lipinski definition) is 0. The molecule has 0 aliphatic rings. The molecule has 0 aromatic heterocycles. The molecule has 0 saturated heterocycles. The van der Waals surface area contributed by atoms with Crippen LogP contribution >= 0.6 is 0 Å². The van der Waals surface area contributed by atoms with E-state index in [1.165, 1.54) is 0 Å². The Kier molecular flexibility index (Phi) is 4.31. The van der Waals surface area contributed by atoms with Gasteiger partial charge in [-0.05, 0) is 0 Å². The molecular formula is C10H8N2O8. The highest BCUT2D eigenvalue weighted by molar-refractivity contribution is 5.75. The maximum Gasteiger partial charge on any atom is 0.318 e. The minimum absolute atomic E-state index is 0.552. The minimum atomic E-state index is -0.956. The van der Waals surface area contributed by atoms with E-state index in [0.29, 0.717) is 6.07 Å². The molecule has 0 spiro atoms. The summed E-state index contributed by atoms with van der Waals surface area (Å²) >= 11 is 0. The summed E-state index contributed by atoms with van der Waals surface area (Å²) in [7, 11) is 0. The van der Waals surface area contributed by atoms with Crippen LogP contribution in [0, 0.1) is 20.2 Å². The van der Waals surface area contributed by atoms with Gasteiger partial charge in [0.1, 0.15) is 6.07 Å². The first kappa shape index (κ1) is 15.0. The molecule has 0 amide bonds. The predicted octanol–water partition coefficient (Wildman–Crippen LogP) is 1.35. The number of rotatable bonds is 4. The number of hydrogen-bond acceptors (Lipinski definition) is 8. The lowest BCUT2D eigenvalue weighted by Crippen LogP contribution is -2.08. The predicted molar refractivity (Wildman–Crippen MR) is 62.4 cm³/mol. The molecule has 1 aromatic carbocycles. The lowest BCUT2D eigenvalue weighted by atomic mass is 10.2. The van der Waals surface area contributed by atoms with Crippen LogP contribution in [-0.2, 0) is 9.59 Å². The van der Waals surface area contributed by atoms with Gasteiger partial charge in [-0.1, -0.05) is 0 Å². The molecule has 10 heteroatoms. The fourth-order valence-electron chi connectivity index (χ4n) is 1.30. The number of carbonyl (C=O) groups excluding carboxylic acids is 2. The lowest BCUT2D eigenvalue weighted by molar-refractivity contribution is -0.395. The molecule has 0 aliphatic heterocycles. The second-order valence-corrected chi connectivity index (χ2v) is 3.49. The maximum absolute atomic E-state index is 10.9. The van der Waals surface area contributed by atoms with Crippen molar-refractivity contribution in [1.82, 2.24) is 0 Å². The number of benzene rings is 1. The van der Waals surface area contributed by atoms with Crippen LogP contribution in [0.5, 0.6) is 11.5 Å². The van der Waals surface area contributed by atoms with E-state index in [2.05, 4.69) is 9.47 Å². The van der Waals surface area contributed by atoms with E-state index in [9.17, 15) is 29.8 Å². The number of nitro benzene ring substituents is 2. The van der Waals surface area contributed by atoms with Crippen molar-refractivity contribution < 1.29 is 28.9 Å². The highest BCUT2D eigenvalue weighted by Crippen LogP contribution is 2.39. The number of ether oxygens (including phenoxy) is 2. The molecule has 0 aliphatic carbocycles. The van der Waals surface area contributed by atoms with Gasteiger partial charge in [0, 0.05) is 19.9 Å². The zero-order chi connectivity index (χ0) is 15.4. The summed E-state index contributed by atoms with van der Waals surface area (Å²) in [6, 6.07) is 1.30. The van der Waals surface area contributed by atoms with Crippen molar-refractivity contribution in [3.8, 4) is 11.5 Å². The Morgan fingerprint density at radius 3 is 1.50 bits per heavy atom. The topological polar surface area (TPSA) is 139 Å². The molecule has 106 valence electrons. The van der Waals surface area contributed by atoms with Gasteiger partial charge in [-0.3, -0.25) is 29.8 Å². The Balaban J connectivity index is 3.50. The average molecular weight is 284 g/mol. The zero-order valence-electron chi connectivity index (χ0n) is 10.3. The van der Waals surface area contributed by atoms with Crippen LogP contribution < -0.4 is 9.47 Å². The summed E-state index contributed by atoms with van der Waals surface area (Å²) in [5.41, 5.74) is -1.58. The van der Waals surface area contributed by atoms with E-state index in [-0.39, 0.29) is 0 Å². The van der Waals surface area contributed by atoms with Crippen molar-refractivity contribution in [2.24, 2.45) is 0 Å². The van der Waals surface area contributed by atoms with Gasteiger partial charge in [0.2, 0.25) is 11.5 Å². The van der Waals surface area contributed by atoms with Crippen molar-refractivity contribution in [3.05, 3.63) is 32.4 Å². The Morgan fingerprint density at radius 2 is 1.25 bits per heavy atom. The number of esters is 2. The quantitative estimate of drug-likeness (QED) is 0.349. The summed E-state index contributed by atoms with van der Waals surface area (Å²) in [5.74, 6) is -2.83. The van der Waals surface area contributed by atoms with Crippen molar-refractivity contribution in [1.29, 1.82) is 0 Å². The molecule has 0 fully saturated rings. The molecular weight excluding hydrogens is 276 g/mol. The smallest absolute Gasteiger partial charge is 0.318 e. The van der Waals surface area contributed by atoms with Gasteiger partial charge in [0.05, 0.1) is 9.85 Å². The largest absolute Gasteiger partial charge is 0.419 e. The van der Waals surface area contributed by atoms with Gasteiger partial charge in [-0.2, -0.15) is 0 Å². The van der Waals surface area contributed by atoms with Crippen LogP contribution in [0.2, 0.25) is 0 Å². The van der Waals surface area contributed by atoms with Crippen LogP contribution in [0.25, 0.3) is 0 Å². The summed E-state index contributed by atoms with van der Waals surface area (Å²) in [6.45, 7) is 1.99. The van der Waals surface area contributed by atoms with Crippen LogP contribution in [0.3, 0.4) is 0 Å². The van der Waals surface area contributed by atoms with E-state index in [0.717, 1.165) is 19.9 Å². The van der Waals surface area contributed by atoms with Gasteiger partial charge in [0.15, 0.2) is 0 Å². The fourth-order valence-corrected chi connectivity index (χ4v) is 1.30. The van der Waals surface area contributed by atoms with E-state index in [1.807, 2.05) is 0 Å². The summed E-state index contributed by atoms with van der Waals surface area (Å²) in [5, 5.41) is 21.6. The second kappa shape index (κ2) is 5.73. The first-order valence-electron chi connectivity index (χ1n) is 5.06. The second-order valence-electron chi connectivity index (χ2n) is 3.49. The standard InChI is InChI=1S/C10H8N2O8/c1-5(13)19-9-4-10(20-6(2)14)8(12(17)18)3-7(9)11(15)16/h3-4H,1-2H3. The summed E-state index contributed by atoms with van der Waals surface area (Å²) < 4.78 is 9.14. The molecule has 0 saturated carbocycles. The van der Waals surface area contributed by atoms with Crippen molar-refractivity contribution >= 4 is 23.3 Å². The van der Waals surface area contributed by atoms with Gasteiger partial charge in [-0.15, -0.1) is 0 Å². The monoisotopic (exact) mass is 284 g/mol. The van der Waals surface area contributed by atoms with Crippen LogP contribution in [0.15, 0.2) is 12.1 Å². The van der Waals surface area contributed by atoms with Crippen LogP contribution in [-0.4, -0.2) is 21.8 Å². The van der Waals surface area contributed by atoms with E-state index < -0.39 is 44.7 Å². The van der Waals surface area contributed by atoms with E-state index in [1.54, 1.807) is 0 Å². The number of nitro groups is 2. The summed E-state index contributed by atoms with van der Waals surface area (Å²) in [6.07, 6.45) is 0. The third-order valence-electron chi connectivity index (χ3n) is 1.94. The molecule has 20 heavy (non-hydrogen) atoms. The van der Waals surface area contributed by atoms with Gasteiger partial charge < -0.3 is 9.47 Å². The molecule has 10 nitrogen and oxygen atoms in total. The Bertz CT molecular complexity index is 560. The molecule has 0 atom stereocenters. The van der Waals surface area contributed by atoms with Crippen molar-refractivity contribution in [2.45, 2.75) is 13.8 Å². The Morgan fingerprint density at radius 1 is 0.900 bits per heavy atom. The highest BCUT2D eigenvalue weighted by atomic mass is 16.6. The number of nitrogens with zero attached hydrogens (tertiary/aromatic N) is 2. The molecule has 1 rings (SSSR count). The van der Waals surface area contributed by atoms with Crippen LogP contribution in [0.1, 0.15) is 13.8 Å². The molecule has 0 radical (unpaired) electrons. The van der Waals surface area contributed by atoms with Crippen LogP contribution in [0.4, 0.5) is 11.4 Å². The molecule has 0 N–H and O–H groups in total. The Labute approximate surface area is 111 Å². The lowest BCUT2D eigenvalue weighted by Gasteiger charge is -2.06. The fraction of sp³-hybridized carbons (Fsp3) is 0.200.